The lowest BCUT2D eigenvalue weighted by atomic mass is 9.73. The summed E-state index contributed by atoms with van der Waals surface area (Å²) in [7, 11) is 1.50. The molecule has 0 spiro atoms. The van der Waals surface area contributed by atoms with Crippen LogP contribution < -0.4 is 5.32 Å². The van der Waals surface area contributed by atoms with Crippen molar-refractivity contribution in [1.82, 2.24) is 5.32 Å². The molecule has 88 valence electrons. The maximum Gasteiger partial charge on any atom is 0.327 e. The fourth-order valence-corrected chi connectivity index (χ4v) is 1.63. The molecule has 1 N–H and O–H groups in total. The van der Waals surface area contributed by atoms with Gasteiger partial charge in [0.25, 0.3) is 5.92 Å². The van der Waals surface area contributed by atoms with Crippen molar-refractivity contribution in [2.45, 2.75) is 50.7 Å². The smallest absolute Gasteiger partial charge is 0.327 e. The van der Waals surface area contributed by atoms with E-state index in [-0.39, 0.29) is 0 Å². The molecule has 0 atom stereocenters. The van der Waals surface area contributed by atoms with E-state index >= 15 is 0 Å². The maximum absolute atomic E-state index is 12.8. The van der Waals surface area contributed by atoms with Crippen molar-refractivity contribution in [1.29, 1.82) is 0 Å². The monoisotopic (exact) mass is 221 g/mol. The van der Waals surface area contributed by atoms with Crippen LogP contribution in [0.25, 0.3) is 0 Å². The quantitative estimate of drug-likeness (QED) is 0.721. The van der Waals surface area contributed by atoms with Crippen LogP contribution in [0.15, 0.2) is 0 Å². The van der Waals surface area contributed by atoms with Crippen molar-refractivity contribution < 1.29 is 18.3 Å². The summed E-state index contributed by atoms with van der Waals surface area (Å²) in [6.07, 6.45) is -0.961. The average Bonchev–Trinajstić information content (AvgIpc) is 1.95. The summed E-state index contributed by atoms with van der Waals surface area (Å²) in [6.45, 7) is 5.14. The highest BCUT2D eigenvalue weighted by atomic mass is 19.3. The standard InChI is InChI=1S/C10H17F2NO2/c1-8(2,3)15-7(14)9(13-4)5-10(11,12)6-9/h13H,5-6H2,1-4H3. The van der Waals surface area contributed by atoms with E-state index in [0.29, 0.717) is 0 Å². The lowest BCUT2D eigenvalue weighted by Gasteiger charge is -2.45. The second-order valence-electron chi connectivity index (χ2n) is 5.04. The number of hydrogen-bond acceptors (Lipinski definition) is 3. The summed E-state index contributed by atoms with van der Waals surface area (Å²) >= 11 is 0. The fraction of sp³-hybridized carbons (Fsp3) is 0.900. The molecule has 1 saturated carbocycles. The van der Waals surface area contributed by atoms with Crippen LogP contribution in [0.2, 0.25) is 0 Å². The Kier molecular flexibility index (Phi) is 2.80. The Morgan fingerprint density at radius 2 is 1.80 bits per heavy atom. The van der Waals surface area contributed by atoms with E-state index < -0.39 is 35.9 Å². The maximum atomic E-state index is 12.8. The lowest BCUT2D eigenvalue weighted by molar-refractivity contribution is -0.191. The average molecular weight is 221 g/mol. The Bertz CT molecular complexity index is 263. The third kappa shape index (κ3) is 2.65. The van der Waals surface area contributed by atoms with E-state index in [1.807, 2.05) is 0 Å². The summed E-state index contributed by atoms with van der Waals surface area (Å²) in [6, 6.07) is 0. The Morgan fingerprint density at radius 3 is 2.07 bits per heavy atom. The van der Waals surface area contributed by atoms with Crippen LogP contribution in [0.3, 0.4) is 0 Å². The van der Waals surface area contributed by atoms with Crippen molar-refractivity contribution in [3.8, 4) is 0 Å². The molecule has 15 heavy (non-hydrogen) atoms. The van der Waals surface area contributed by atoms with Crippen molar-refractivity contribution in [3.05, 3.63) is 0 Å². The number of carbonyl (C=O) groups excluding carboxylic acids is 1. The number of likely N-dealkylation sites (N-methyl/N-ethyl adjacent to an activating group) is 1. The predicted octanol–water partition coefficient (Wildman–Crippen LogP) is 1.72. The zero-order valence-electron chi connectivity index (χ0n) is 9.49. The summed E-state index contributed by atoms with van der Waals surface area (Å²) in [4.78, 5) is 11.7. The molecule has 1 rings (SSSR count). The van der Waals surface area contributed by atoms with Crippen molar-refractivity contribution >= 4 is 5.97 Å². The first-order valence-corrected chi connectivity index (χ1v) is 4.90. The molecule has 0 saturated heterocycles. The molecule has 0 aromatic rings. The summed E-state index contributed by atoms with van der Waals surface area (Å²) in [5.74, 6) is -3.34. The number of carbonyl (C=O) groups is 1. The number of rotatable bonds is 2. The SMILES string of the molecule is CNC1(C(=O)OC(C)(C)C)CC(F)(F)C1. The molecule has 0 aliphatic heterocycles. The number of ether oxygens (including phenoxy) is 1. The van der Waals surface area contributed by atoms with Gasteiger partial charge in [-0.3, -0.25) is 4.79 Å². The van der Waals surface area contributed by atoms with Crippen LogP contribution in [-0.4, -0.2) is 30.1 Å². The molecular formula is C10H17F2NO2. The highest BCUT2D eigenvalue weighted by Gasteiger charge is 2.61. The van der Waals surface area contributed by atoms with Crippen molar-refractivity contribution in [2.75, 3.05) is 7.05 Å². The fourth-order valence-electron chi connectivity index (χ4n) is 1.63. The van der Waals surface area contributed by atoms with Gasteiger partial charge in [-0.2, -0.15) is 0 Å². The molecule has 0 heterocycles. The van der Waals surface area contributed by atoms with Crippen LogP contribution in [-0.2, 0) is 9.53 Å². The van der Waals surface area contributed by atoms with E-state index in [1.165, 1.54) is 7.05 Å². The van der Waals surface area contributed by atoms with Crippen molar-refractivity contribution in [3.63, 3.8) is 0 Å². The minimum absolute atomic E-state index is 0.481. The first-order valence-electron chi connectivity index (χ1n) is 4.90. The molecule has 1 fully saturated rings. The Morgan fingerprint density at radius 1 is 1.33 bits per heavy atom. The lowest BCUT2D eigenvalue weighted by Crippen LogP contribution is -2.65. The second kappa shape index (κ2) is 3.40. The first-order chi connectivity index (χ1) is 6.60. The summed E-state index contributed by atoms with van der Waals surface area (Å²) in [5.41, 5.74) is -1.84. The molecule has 1 aliphatic carbocycles. The number of halogens is 2. The number of esters is 1. The van der Waals surface area contributed by atoms with Gasteiger partial charge in [0.1, 0.15) is 11.1 Å². The van der Waals surface area contributed by atoms with Gasteiger partial charge in [0.05, 0.1) is 0 Å². The van der Waals surface area contributed by atoms with E-state index in [0.717, 1.165) is 0 Å². The Labute approximate surface area is 88.2 Å². The zero-order valence-corrected chi connectivity index (χ0v) is 9.49. The third-order valence-electron chi connectivity index (χ3n) is 2.39. The predicted molar refractivity (Wildman–Crippen MR) is 51.8 cm³/mol. The van der Waals surface area contributed by atoms with Gasteiger partial charge in [0, 0.05) is 12.8 Å². The highest BCUT2D eigenvalue weighted by molar-refractivity contribution is 5.83. The largest absolute Gasteiger partial charge is 0.459 e. The van der Waals surface area contributed by atoms with Gasteiger partial charge in [-0.05, 0) is 27.8 Å². The Balaban J connectivity index is 2.66. The zero-order chi connectivity index (χ0) is 11.9. The van der Waals surface area contributed by atoms with E-state index in [1.54, 1.807) is 20.8 Å². The molecule has 3 nitrogen and oxygen atoms in total. The molecule has 0 radical (unpaired) electrons. The van der Waals surface area contributed by atoms with E-state index in [9.17, 15) is 13.6 Å². The number of hydrogen-bond donors (Lipinski definition) is 1. The Hall–Kier alpha value is -0.710. The van der Waals surface area contributed by atoms with E-state index in [2.05, 4.69) is 5.32 Å². The van der Waals surface area contributed by atoms with Crippen LogP contribution in [0, 0.1) is 0 Å². The molecule has 0 unspecified atom stereocenters. The topological polar surface area (TPSA) is 38.3 Å². The molecule has 5 heteroatoms. The van der Waals surface area contributed by atoms with Crippen LogP contribution in [0.4, 0.5) is 8.78 Å². The van der Waals surface area contributed by atoms with Crippen LogP contribution in [0.1, 0.15) is 33.6 Å². The minimum atomic E-state index is -2.75. The number of nitrogens with one attached hydrogen (secondary N) is 1. The van der Waals surface area contributed by atoms with Gasteiger partial charge >= 0.3 is 5.97 Å². The van der Waals surface area contributed by atoms with Crippen LogP contribution >= 0.6 is 0 Å². The second-order valence-corrected chi connectivity index (χ2v) is 5.04. The molecular weight excluding hydrogens is 204 g/mol. The number of alkyl halides is 2. The molecule has 0 bridgehead atoms. The van der Waals surface area contributed by atoms with Gasteiger partial charge in [-0.15, -0.1) is 0 Å². The molecule has 0 aromatic heterocycles. The first kappa shape index (κ1) is 12.4. The third-order valence-corrected chi connectivity index (χ3v) is 2.39. The summed E-state index contributed by atoms with van der Waals surface area (Å²) < 4.78 is 30.6. The van der Waals surface area contributed by atoms with Gasteiger partial charge in [0.2, 0.25) is 0 Å². The van der Waals surface area contributed by atoms with Crippen LogP contribution in [0.5, 0.6) is 0 Å². The minimum Gasteiger partial charge on any atom is -0.459 e. The molecule has 1 aliphatic rings. The van der Waals surface area contributed by atoms with Gasteiger partial charge in [-0.25, -0.2) is 8.78 Å². The van der Waals surface area contributed by atoms with Crippen molar-refractivity contribution in [2.24, 2.45) is 0 Å². The summed E-state index contributed by atoms with van der Waals surface area (Å²) in [5, 5.41) is 2.64. The van der Waals surface area contributed by atoms with Gasteiger partial charge in [-0.1, -0.05) is 0 Å². The molecule has 0 amide bonds. The highest BCUT2D eigenvalue weighted by Crippen LogP contribution is 2.46. The van der Waals surface area contributed by atoms with E-state index in [4.69, 9.17) is 4.74 Å². The normalized spacial score (nSPS) is 23.1. The molecule has 0 aromatic carbocycles. The van der Waals surface area contributed by atoms with Gasteiger partial charge < -0.3 is 10.1 Å². The van der Waals surface area contributed by atoms with Gasteiger partial charge in [0.15, 0.2) is 0 Å².